The molecule has 5 atom stereocenters. The zero-order chi connectivity index (χ0) is 9.59. The molecule has 2 fully saturated rings. The van der Waals surface area contributed by atoms with Crippen LogP contribution in [-0.2, 0) is 9.53 Å². The largest absolute Gasteiger partial charge is 0.461 e. The first-order chi connectivity index (χ1) is 6.09. The van der Waals surface area contributed by atoms with Gasteiger partial charge in [-0.05, 0) is 19.3 Å². The van der Waals surface area contributed by atoms with Gasteiger partial charge in [-0.25, -0.2) is 0 Å². The van der Waals surface area contributed by atoms with Crippen LogP contribution in [0.5, 0.6) is 0 Å². The summed E-state index contributed by atoms with van der Waals surface area (Å²) in [4.78, 5) is 11.1. The van der Waals surface area contributed by atoms with Crippen LogP contribution in [0.15, 0.2) is 0 Å². The van der Waals surface area contributed by atoms with Gasteiger partial charge in [0, 0.05) is 12.3 Å². The third-order valence-electron chi connectivity index (χ3n) is 2.93. The molecule has 13 heavy (non-hydrogen) atoms. The van der Waals surface area contributed by atoms with Crippen molar-refractivity contribution < 1.29 is 14.6 Å². The Morgan fingerprint density at radius 2 is 2.23 bits per heavy atom. The highest BCUT2D eigenvalue weighted by Crippen LogP contribution is 2.53. The van der Waals surface area contributed by atoms with Gasteiger partial charge in [0.05, 0.1) is 6.10 Å². The molecule has 0 radical (unpaired) electrons. The first kappa shape index (κ1) is 9.28. The van der Waals surface area contributed by atoms with E-state index in [0.29, 0.717) is 18.3 Å². The molecule has 2 aliphatic rings. The van der Waals surface area contributed by atoms with E-state index < -0.39 is 5.38 Å². The summed E-state index contributed by atoms with van der Waals surface area (Å²) < 4.78 is 5.17. The Hall–Kier alpha value is -0.280. The van der Waals surface area contributed by atoms with Crippen molar-refractivity contribution in [2.45, 2.75) is 37.4 Å². The van der Waals surface area contributed by atoms with Crippen LogP contribution in [0, 0.1) is 11.8 Å². The average molecular weight is 205 g/mol. The summed E-state index contributed by atoms with van der Waals surface area (Å²) in [5, 5.41) is 8.85. The lowest BCUT2D eigenvalue weighted by molar-refractivity contribution is -0.149. The molecule has 74 valence electrons. The molecule has 0 amide bonds. The van der Waals surface area contributed by atoms with Crippen LogP contribution in [0.4, 0.5) is 0 Å². The Bertz CT molecular complexity index is 229. The highest BCUT2D eigenvalue weighted by molar-refractivity contribution is 6.29. The van der Waals surface area contributed by atoms with Crippen molar-refractivity contribution in [3.05, 3.63) is 0 Å². The Morgan fingerprint density at radius 1 is 1.54 bits per heavy atom. The lowest BCUT2D eigenvalue weighted by atomic mass is 10.2. The number of aliphatic hydroxyl groups is 1. The third kappa shape index (κ3) is 1.67. The fraction of sp³-hybridized carbons (Fsp3) is 0.889. The maximum atomic E-state index is 11.1. The molecule has 5 unspecified atom stereocenters. The Morgan fingerprint density at radius 3 is 2.62 bits per heavy atom. The molecule has 1 N–H and O–H groups in total. The number of fused-ring (bicyclic) bond motifs is 1. The summed E-state index contributed by atoms with van der Waals surface area (Å²) in [5.41, 5.74) is 0. The minimum atomic E-state index is -0.588. The monoisotopic (exact) mass is 204 g/mol. The van der Waals surface area contributed by atoms with E-state index >= 15 is 0 Å². The number of alkyl halides is 1. The van der Waals surface area contributed by atoms with Crippen LogP contribution in [0.3, 0.4) is 0 Å². The second kappa shape index (κ2) is 3.14. The number of rotatable bonds is 2. The maximum absolute atomic E-state index is 11.1. The topological polar surface area (TPSA) is 46.5 Å². The molecule has 0 aliphatic heterocycles. The highest BCUT2D eigenvalue weighted by atomic mass is 35.5. The summed E-state index contributed by atoms with van der Waals surface area (Å²) in [6.45, 7) is 1.60. The van der Waals surface area contributed by atoms with E-state index in [1.165, 1.54) is 0 Å². The summed E-state index contributed by atoms with van der Waals surface area (Å²) in [5.74, 6) is 0.407. The van der Waals surface area contributed by atoms with E-state index in [0.717, 1.165) is 6.42 Å². The standard InChI is InChI=1S/C9H13ClO3/c1-4(10)9(12)13-8-3-7(11)5-2-6(5)8/h4-8,11H,2-3H2,1H3. The lowest BCUT2D eigenvalue weighted by Crippen LogP contribution is -2.24. The number of carbonyl (C=O) groups is 1. The van der Waals surface area contributed by atoms with Crippen molar-refractivity contribution >= 4 is 17.6 Å². The van der Waals surface area contributed by atoms with E-state index in [4.69, 9.17) is 16.3 Å². The number of hydrogen-bond acceptors (Lipinski definition) is 3. The fourth-order valence-electron chi connectivity index (χ4n) is 2.07. The number of ether oxygens (including phenoxy) is 1. The molecule has 0 saturated heterocycles. The van der Waals surface area contributed by atoms with Crippen LogP contribution < -0.4 is 0 Å². The molecule has 0 spiro atoms. The van der Waals surface area contributed by atoms with Gasteiger partial charge in [0.25, 0.3) is 0 Å². The first-order valence-electron chi connectivity index (χ1n) is 4.62. The smallest absolute Gasteiger partial charge is 0.324 e. The van der Waals surface area contributed by atoms with Gasteiger partial charge in [0.15, 0.2) is 0 Å². The molecular formula is C9H13ClO3. The second-order valence-electron chi connectivity index (χ2n) is 3.96. The molecule has 3 nitrogen and oxygen atoms in total. The van der Waals surface area contributed by atoms with Crippen molar-refractivity contribution in [2.75, 3.05) is 0 Å². The molecule has 0 aromatic carbocycles. The molecule has 2 rings (SSSR count). The summed E-state index contributed by atoms with van der Waals surface area (Å²) >= 11 is 5.57. The SMILES string of the molecule is CC(Cl)C(=O)OC1CC(O)C2CC12. The summed E-state index contributed by atoms with van der Waals surface area (Å²) in [6, 6.07) is 0. The predicted octanol–water partition coefficient (Wildman–Crippen LogP) is 0.926. The predicted molar refractivity (Wildman–Crippen MR) is 47.4 cm³/mol. The highest BCUT2D eigenvalue weighted by Gasteiger charge is 2.55. The van der Waals surface area contributed by atoms with Gasteiger partial charge >= 0.3 is 5.97 Å². The van der Waals surface area contributed by atoms with E-state index in [2.05, 4.69) is 0 Å². The first-order valence-corrected chi connectivity index (χ1v) is 5.06. The normalized spacial score (nSPS) is 43.9. The Labute approximate surface area is 82.0 Å². The van der Waals surface area contributed by atoms with E-state index in [9.17, 15) is 9.90 Å². The van der Waals surface area contributed by atoms with Gasteiger partial charge in [-0.3, -0.25) is 4.79 Å². The lowest BCUT2D eigenvalue weighted by Gasteiger charge is -2.15. The van der Waals surface area contributed by atoms with Gasteiger partial charge in [0.2, 0.25) is 0 Å². The number of carbonyl (C=O) groups excluding carboxylic acids is 1. The van der Waals surface area contributed by atoms with Gasteiger partial charge in [-0.15, -0.1) is 11.6 Å². The van der Waals surface area contributed by atoms with Crippen molar-refractivity contribution in [2.24, 2.45) is 11.8 Å². The second-order valence-corrected chi connectivity index (χ2v) is 4.61. The number of aliphatic hydroxyl groups excluding tert-OH is 1. The molecule has 2 aliphatic carbocycles. The molecule has 0 bridgehead atoms. The number of hydrogen-bond donors (Lipinski definition) is 1. The Kier molecular flexibility index (Phi) is 2.24. The van der Waals surface area contributed by atoms with Gasteiger partial charge in [-0.1, -0.05) is 0 Å². The number of halogens is 1. The van der Waals surface area contributed by atoms with Gasteiger partial charge in [0.1, 0.15) is 11.5 Å². The van der Waals surface area contributed by atoms with E-state index in [1.807, 2.05) is 0 Å². The zero-order valence-electron chi connectivity index (χ0n) is 7.44. The van der Waals surface area contributed by atoms with Crippen molar-refractivity contribution in [3.8, 4) is 0 Å². The van der Waals surface area contributed by atoms with Crippen LogP contribution in [-0.4, -0.2) is 28.7 Å². The van der Waals surface area contributed by atoms with Crippen molar-refractivity contribution in [3.63, 3.8) is 0 Å². The average Bonchev–Trinajstić information content (AvgIpc) is 2.76. The molecule has 0 aromatic rings. The molecule has 0 heterocycles. The minimum Gasteiger partial charge on any atom is -0.461 e. The fourth-order valence-corrected chi connectivity index (χ4v) is 2.12. The van der Waals surface area contributed by atoms with Crippen LogP contribution in [0.25, 0.3) is 0 Å². The van der Waals surface area contributed by atoms with E-state index in [1.54, 1.807) is 6.92 Å². The summed E-state index contributed by atoms with van der Waals surface area (Å²) in [6.07, 6.45) is 1.22. The van der Waals surface area contributed by atoms with Crippen LogP contribution >= 0.6 is 11.6 Å². The Balaban J connectivity index is 1.86. The van der Waals surface area contributed by atoms with Crippen molar-refractivity contribution in [1.29, 1.82) is 0 Å². The third-order valence-corrected chi connectivity index (χ3v) is 3.11. The van der Waals surface area contributed by atoms with E-state index in [-0.39, 0.29) is 18.2 Å². The molecular weight excluding hydrogens is 192 g/mol. The minimum absolute atomic E-state index is 0.0892. The van der Waals surface area contributed by atoms with Crippen molar-refractivity contribution in [1.82, 2.24) is 0 Å². The summed E-state index contributed by atoms with van der Waals surface area (Å²) in [7, 11) is 0. The van der Waals surface area contributed by atoms with Crippen LogP contribution in [0.1, 0.15) is 19.8 Å². The van der Waals surface area contributed by atoms with Gasteiger partial charge < -0.3 is 9.84 Å². The maximum Gasteiger partial charge on any atom is 0.324 e. The quantitative estimate of drug-likeness (QED) is 0.538. The van der Waals surface area contributed by atoms with Crippen LogP contribution in [0.2, 0.25) is 0 Å². The molecule has 0 aromatic heterocycles. The zero-order valence-corrected chi connectivity index (χ0v) is 8.20. The molecule has 2 saturated carbocycles. The number of esters is 1. The van der Waals surface area contributed by atoms with Gasteiger partial charge in [-0.2, -0.15) is 0 Å². The molecule has 4 heteroatoms.